The molecule has 0 aromatic rings. The lowest BCUT2D eigenvalue weighted by Gasteiger charge is -2.22. The fourth-order valence-corrected chi connectivity index (χ4v) is 1.82. The van der Waals surface area contributed by atoms with Gasteiger partial charge in [0.05, 0.1) is 13.2 Å². The van der Waals surface area contributed by atoms with Crippen molar-refractivity contribution in [2.45, 2.75) is 65.5 Å². The van der Waals surface area contributed by atoms with Crippen molar-refractivity contribution >= 4 is 11.9 Å². The molecule has 0 rings (SSSR count). The molecule has 0 unspecified atom stereocenters. The first-order valence-corrected chi connectivity index (χ1v) is 7.17. The van der Waals surface area contributed by atoms with Crippen molar-refractivity contribution in [1.82, 2.24) is 5.32 Å². The van der Waals surface area contributed by atoms with Gasteiger partial charge in [-0.25, -0.2) is 0 Å². The van der Waals surface area contributed by atoms with Crippen LogP contribution in [0.15, 0.2) is 0 Å². The molecule has 0 radical (unpaired) electrons. The van der Waals surface area contributed by atoms with E-state index in [1.165, 1.54) is 0 Å². The number of rotatable bonds is 10. The van der Waals surface area contributed by atoms with Crippen molar-refractivity contribution in [2.75, 3.05) is 13.2 Å². The van der Waals surface area contributed by atoms with Crippen LogP contribution in [0.3, 0.4) is 0 Å². The molecule has 1 N–H and O–H groups in total. The van der Waals surface area contributed by atoms with Crippen LogP contribution in [0.2, 0.25) is 0 Å². The highest BCUT2D eigenvalue weighted by molar-refractivity contribution is 5.77. The van der Waals surface area contributed by atoms with Gasteiger partial charge >= 0.3 is 11.9 Å². The number of ether oxygens (including phenoxy) is 2. The molecule has 0 fully saturated rings. The first-order chi connectivity index (χ1) is 9.08. The topological polar surface area (TPSA) is 64.6 Å². The van der Waals surface area contributed by atoms with Gasteiger partial charge < -0.3 is 14.8 Å². The summed E-state index contributed by atoms with van der Waals surface area (Å²) in [5.41, 5.74) is 0. The highest BCUT2D eigenvalue weighted by atomic mass is 16.5. The normalized spacial score (nSPS) is 12.3. The van der Waals surface area contributed by atoms with E-state index in [-0.39, 0.29) is 24.4 Å². The van der Waals surface area contributed by atoms with Crippen molar-refractivity contribution < 1.29 is 19.1 Å². The molecule has 0 saturated heterocycles. The summed E-state index contributed by atoms with van der Waals surface area (Å²) in [4.78, 5) is 23.2. The Morgan fingerprint density at radius 1 is 1.00 bits per heavy atom. The Labute approximate surface area is 116 Å². The molecule has 0 aliphatic carbocycles. The number of hydrogen-bond acceptors (Lipinski definition) is 5. The first kappa shape index (κ1) is 17.9. The van der Waals surface area contributed by atoms with Crippen LogP contribution in [-0.2, 0) is 19.1 Å². The van der Waals surface area contributed by atoms with E-state index in [2.05, 4.69) is 19.2 Å². The third kappa shape index (κ3) is 7.82. The van der Waals surface area contributed by atoms with Gasteiger partial charge in [-0.3, -0.25) is 9.59 Å². The molecule has 0 aromatic carbocycles. The second-order valence-corrected chi connectivity index (χ2v) is 4.33. The van der Waals surface area contributed by atoms with Crippen LogP contribution >= 0.6 is 0 Å². The minimum Gasteiger partial charge on any atom is -0.466 e. The standard InChI is InChI=1S/C14H27NO4/c1-5-11(6-2)15-12(14(17)19-8-4)9-10-13(16)18-7-3/h11-12,15H,5-10H2,1-4H3/t12-/m0/s1. The van der Waals surface area contributed by atoms with E-state index in [0.29, 0.717) is 19.6 Å². The van der Waals surface area contributed by atoms with Crippen LogP contribution in [0.25, 0.3) is 0 Å². The molecule has 0 aliphatic rings. The van der Waals surface area contributed by atoms with E-state index in [9.17, 15) is 9.59 Å². The maximum absolute atomic E-state index is 11.8. The zero-order chi connectivity index (χ0) is 14.7. The Morgan fingerprint density at radius 3 is 2.05 bits per heavy atom. The fraction of sp³-hybridized carbons (Fsp3) is 0.857. The zero-order valence-corrected chi connectivity index (χ0v) is 12.5. The lowest BCUT2D eigenvalue weighted by atomic mass is 10.1. The van der Waals surface area contributed by atoms with Crippen LogP contribution in [0.4, 0.5) is 0 Å². The summed E-state index contributed by atoms with van der Waals surface area (Å²) in [7, 11) is 0. The van der Waals surface area contributed by atoms with Gasteiger partial charge in [0, 0.05) is 12.5 Å². The van der Waals surface area contributed by atoms with E-state index in [1.54, 1.807) is 13.8 Å². The van der Waals surface area contributed by atoms with Crippen LogP contribution in [0.5, 0.6) is 0 Å². The molecule has 112 valence electrons. The smallest absolute Gasteiger partial charge is 0.323 e. The van der Waals surface area contributed by atoms with Crippen LogP contribution in [-0.4, -0.2) is 37.2 Å². The van der Waals surface area contributed by atoms with E-state index in [4.69, 9.17) is 9.47 Å². The molecular weight excluding hydrogens is 246 g/mol. The van der Waals surface area contributed by atoms with E-state index < -0.39 is 6.04 Å². The molecule has 0 aromatic heterocycles. The second kappa shape index (κ2) is 10.8. The van der Waals surface area contributed by atoms with Gasteiger partial charge in [-0.2, -0.15) is 0 Å². The summed E-state index contributed by atoms with van der Waals surface area (Å²) in [6.45, 7) is 8.38. The molecule has 0 amide bonds. The molecule has 0 bridgehead atoms. The summed E-state index contributed by atoms with van der Waals surface area (Å²) in [6.07, 6.45) is 2.51. The number of carbonyl (C=O) groups is 2. The molecule has 0 spiro atoms. The average Bonchev–Trinajstić information content (AvgIpc) is 2.39. The number of hydrogen-bond donors (Lipinski definition) is 1. The van der Waals surface area contributed by atoms with Gasteiger partial charge in [0.25, 0.3) is 0 Å². The molecule has 5 nitrogen and oxygen atoms in total. The fourth-order valence-electron chi connectivity index (χ4n) is 1.82. The minimum atomic E-state index is -0.436. The van der Waals surface area contributed by atoms with E-state index in [1.807, 2.05) is 0 Å². The Balaban J connectivity index is 4.40. The van der Waals surface area contributed by atoms with Crippen LogP contribution in [0, 0.1) is 0 Å². The van der Waals surface area contributed by atoms with Gasteiger partial charge in [-0.1, -0.05) is 13.8 Å². The number of carbonyl (C=O) groups excluding carboxylic acids is 2. The molecule has 0 aliphatic heterocycles. The van der Waals surface area contributed by atoms with Gasteiger partial charge in [-0.15, -0.1) is 0 Å². The molecule has 5 heteroatoms. The highest BCUT2D eigenvalue weighted by Gasteiger charge is 2.23. The SMILES string of the molecule is CCOC(=O)CC[C@H](NC(CC)CC)C(=O)OCC. The Bertz CT molecular complexity index is 264. The Kier molecular flexibility index (Phi) is 10.2. The molecule has 0 heterocycles. The second-order valence-electron chi connectivity index (χ2n) is 4.33. The quantitative estimate of drug-likeness (QED) is 0.617. The van der Waals surface area contributed by atoms with E-state index >= 15 is 0 Å². The largest absolute Gasteiger partial charge is 0.466 e. The van der Waals surface area contributed by atoms with Crippen molar-refractivity contribution in [1.29, 1.82) is 0 Å². The lowest BCUT2D eigenvalue weighted by molar-refractivity contribution is -0.147. The van der Waals surface area contributed by atoms with Gasteiger partial charge in [0.2, 0.25) is 0 Å². The van der Waals surface area contributed by atoms with Crippen molar-refractivity contribution in [2.24, 2.45) is 0 Å². The monoisotopic (exact) mass is 273 g/mol. The molecule has 1 atom stereocenters. The summed E-state index contributed by atoms with van der Waals surface area (Å²) in [5.74, 6) is -0.568. The highest BCUT2D eigenvalue weighted by Crippen LogP contribution is 2.06. The summed E-state index contributed by atoms with van der Waals surface area (Å²) in [5, 5.41) is 3.25. The summed E-state index contributed by atoms with van der Waals surface area (Å²) < 4.78 is 9.90. The molecule has 0 saturated carbocycles. The van der Waals surface area contributed by atoms with E-state index in [0.717, 1.165) is 12.8 Å². The zero-order valence-electron chi connectivity index (χ0n) is 12.5. The third-order valence-corrected chi connectivity index (χ3v) is 2.94. The van der Waals surface area contributed by atoms with Crippen LogP contribution in [0.1, 0.15) is 53.4 Å². The molecule has 19 heavy (non-hydrogen) atoms. The predicted molar refractivity (Wildman–Crippen MR) is 73.8 cm³/mol. The predicted octanol–water partition coefficient (Wildman–Crippen LogP) is 2.04. The lowest BCUT2D eigenvalue weighted by Crippen LogP contribution is -2.44. The maximum atomic E-state index is 11.8. The minimum absolute atomic E-state index is 0.227. The van der Waals surface area contributed by atoms with Gasteiger partial charge in [-0.05, 0) is 33.1 Å². The van der Waals surface area contributed by atoms with Crippen molar-refractivity contribution in [3.05, 3.63) is 0 Å². The molecular formula is C14H27NO4. The van der Waals surface area contributed by atoms with Crippen molar-refractivity contribution in [3.8, 4) is 0 Å². The Hall–Kier alpha value is -1.10. The third-order valence-electron chi connectivity index (χ3n) is 2.94. The maximum Gasteiger partial charge on any atom is 0.323 e. The summed E-state index contributed by atoms with van der Waals surface area (Å²) in [6, 6.07) is -0.175. The summed E-state index contributed by atoms with van der Waals surface area (Å²) >= 11 is 0. The average molecular weight is 273 g/mol. The van der Waals surface area contributed by atoms with Crippen molar-refractivity contribution in [3.63, 3.8) is 0 Å². The van der Waals surface area contributed by atoms with Crippen LogP contribution < -0.4 is 5.32 Å². The number of nitrogens with one attached hydrogen (secondary N) is 1. The Morgan fingerprint density at radius 2 is 1.58 bits per heavy atom. The number of esters is 2. The first-order valence-electron chi connectivity index (χ1n) is 7.17. The van der Waals surface area contributed by atoms with Gasteiger partial charge in [0.1, 0.15) is 6.04 Å². The van der Waals surface area contributed by atoms with Gasteiger partial charge in [0.15, 0.2) is 0 Å².